The van der Waals surface area contributed by atoms with E-state index in [2.05, 4.69) is 0 Å². The Morgan fingerprint density at radius 3 is 2.50 bits per heavy atom. The molecule has 1 aromatic carbocycles. The number of aliphatic carboxylic acids is 1. The lowest BCUT2D eigenvalue weighted by atomic mass is 9.90. The van der Waals surface area contributed by atoms with Gasteiger partial charge in [0.15, 0.2) is 6.10 Å². The summed E-state index contributed by atoms with van der Waals surface area (Å²) in [5.74, 6) is -1.04. The van der Waals surface area contributed by atoms with Gasteiger partial charge >= 0.3 is 5.97 Å². The monoisotopic (exact) mass is 277 g/mol. The molecule has 1 aliphatic heterocycles. The first-order valence-electron chi connectivity index (χ1n) is 6.58. The Balaban J connectivity index is 2.13. The maximum atomic E-state index is 12.5. The van der Waals surface area contributed by atoms with Crippen LogP contribution in [0.5, 0.6) is 0 Å². The van der Waals surface area contributed by atoms with Gasteiger partial charge in [0.05, 0.1) is 5.41 Å². The Labute approximate surface area is 118 Å². The topological polar surface area (TPSA) is 66.8 Å². The molecule has 0 spiro atoms. The van der Waals surface area contributed by atoms with Crippen LogP contribution < -0.4 is 0 Å². The molecule has 5 heteroatoms. The van der Waals surface area contributed by atoms with E-state index >= 15 is 0 Å². The van der Waals surface area contributed by atoms with Crippen molar-refractivity contribution in [1.29, 1.82) is 0 Å². The van der Waals surface area contributed by atoms with Crippen LogP contribution in [0.2, 0.25) is 0 Å². The number of ether oxygens (including phenoxy) is 1. The number of carbonyl (C=O) groups excluding carboxylic acids is 1. The summed E-state index contributed by atoms with van der Waals surface area (Å²) in [6.45, 7) is 2.36. The second kappa shape index (κ2) is 5.63. The summed E-state index contributed by atoms with van der Waals surface area (Å²) >= 11 is 0. The van der Waals surface area contributed by atoms with Gasteiger partial charge in [-0.05, 0) is 18.9 Å². The van der Waals surface area contributed by atoms with Crippen molar-refractivity contribution in [2.75, 3.05) is 20.2 Å². The number of nitrogens with zero attached hydrogens (tertiary/aromatic N) is 1. The summed E-state index contributed by atoms with van der Waals surface area (Å²) in [6.07, 6.45) is -0.202. The smallest absolute Gasteiger partial charge is 0.311 e. The summed E-state index contributed by atoms with van der Waals surface area (Å²) in [4.78, 5) is 25.3. The first kappa shape index (κ1) is 14.5. The van der Waals surface area contributed by atoms with E-state index in [4.69, 9.17) is 4.74 Å². The third kappa shape index (κ3) is 2.67. The van der Waals surface area contributed by atoms with E-state index in [9.17, 15) is 14.7 Å². The van der Waals surface area contributed by atoms with Gasteiger partial charge in [-0.25, -0.2) is 0 Å². The average Bonchev–Trinajstić information content (AvgIpc) is 2.85. The Bertz CT molecular complexity index is 502. The van der Waals surface area contributed by atoms with E-state index in [0.29, 0.717) is 13.0 Å². The molecule has 0 aromatic heterocycles. The third-order valence-electron chi connectivity index (χ3n) is 3.86. The van der Waals surface area contributed by atoms with Crippen LogP contribution in [-0.2, 0) is 14.3 Å². The van der Waals surface area contributed by atoms with Gasteiger partial charge < -0.3 is 14.7 Å². The van der Waals surface area contributed by atoms with Gasteiger partial charge in [-0.1, -0.05) is 30.3 Å². The molecule has 1 aliphatic rings. The first-order chi connectivity index (χ1) is 9.48. The highest BCUT2D eigenvalue weighted by atomic mass is 16.5. The van der Waals surface area contributed by atoms with Gasteiger partial charge in [0.25, 0.3) is 5.91 Å². The van der Waals surface area contributed by atoms with Crippen LogP contribution in [0.25, 0.3) is 0 Å². The third-order valence-corrected chi connectivity index (χ3v) is 3.86. The van der Waals surface area contributed by atoms with Gasteiger partial charge in [-0.15, -0.1) is 0 Å². The van der Waals surface area contributed by atoms with Crippen LogP contribution in [-0.4, -0.2) is 42.1 Å². The number of benzene rings is 1. The molecule has 1 N–H and O–H groups in total. The van der Waals surface area contributed by atoms with Crippen molar-refractivity contribution in [3.8, 4) is 0 Å². The zero-order valence-electron chi connectivity index (χ0n) is 11.7. The van der Waals surface area contributed by atoms with Crippen LogP contribution in [0.1, 0.15) is 25.0 Å². The molecule has 2 atom stereocenters. The van der Waals surface area contributed by atoms with E-state index in [-0.39, 0.29) is 12.5 Å². The zero-order chi connectivity index (χ0) is 14.8. The fourth-order valence-electron chi connectivity index (χ4n) is 2.50. The van der Waals surface area contributed by atoms with Crippen molar-refractivity contribution in [2.45, 2.75) is 19.4 Å². The summed E-state index contributed by atoms with van der Waals surface area (Å²) in [7, 11) is 1.49. The Kier molecular flexibility index (Phi) is 4.09. The van der Waals surface area contributed by atoms with Crippen LogP contribution in [0.4, 0.5) is 0 Å². The molecule has 0 radical (unpaired) electrons. The van der Waals surface area contributed by atoms with Crippen molar-refractivity contribution in [1.82, 2.24) is 4.90 Å². The predicted molar refractivity (Wildman–Crippen MR) is 73.1 cm³/mol. The minimum Gasteiger partial charge on any atom is -0.481 e. The van der Waals surface area contributed by atoms with Crippen LogP contribution in [0.3, 0.4) is 0 Å². The van der Waals surface area contributed by atoms with Gasteiger partial charge in [0.1, 0.15) is 0 Å². The van der Waals surface area contributed by atoms with E-state index < -0.39 is 17.5 Å². The van der Waals surface area contributed by atoms with Crippen LogP contribution in [0.15, 0.2) is 30.3 Å². The molecule has 0 saturated carbocycles. The molecular formula is C15H19NO4. The van der Waals surface area contributed by atoms with Gasteiger partial charge in [-0.2, -0.15) is 0 Å². The predicted octanol–water partition coefficient (Wildman–Crippen LogP) is 1.70. The quantitative estimate of drug-likeness (QED) is 0.909. The SMILES string of the molecule is COC(C(=O)N1CCC(C)(C(=O)O)C1)c1ccccc1. The average molecular weight is 277 g/mol. The second-order valence-electron chi connectivity index (χ2n) is 5.40. The van der Waals surface area contributed by atoms with Crippen molar-refractivity contribution in [3.05, 3.63) is 35.9 Å². The lowest BCUT2D eigenvalue weighted by molar-refractivity contribution is -0.148. The molecule has 1 heterocycles. The molecular weight excluding hydrogens is 258 g/mol. The summed E-state index contributed by atoms with van der Waals surface area (Å²) in [6, 6.07) is 9.23. The number of rotatable bonds is 4. The number of carboxylic acid groups (broad SMARTS) is 1. The van der Waals surface area contributed by atoms with Crippen LogP contribution in [0, 0.1) is 5.41 Å². The Morgan fingerprint density at radius 1 is 1.35 bits per heavy atom. The van der Waals surface area contributed by atoms with E-state index in [1.165, 1.54) is 7.11 Å². The van der Waals surface area contributed by atoms with Crippen molar-refractivity contribution < 1.29 is 19.4 Å². The maximum absolute atomic E-state index is 12.5. The molecule has 0 aliphatic carbocycles. The lowest BCUT2D eigenvalue weighted by Gasteiger charge is -2.24. The fourth-order valence-corrected chi connectivity index (χ4v) is 2.50. The molecule has 1 fully saturated rings. The van der Waals surface area contributed by atoms with Gasteiger partial charge in [-0.3, -0.25) is 9.59 Å². The molecule has 2 rings (SSSR count). The second-order valence-corrected chi connectivity index (χ2v) is 5.40. The highest BCUT2D eigenvalue weighted by Gasteiger charge is 2.43. The number of likely N-dealkylation sites (tertiary alicyclic amines) is 1. The molecule has 1 amide bonds. The molecule has 20 heavy (non-hydrogen) atoms. The van der Waals surface area contributed by atoms with E-state index in [1.54, 1.807) is 11.8 Å². The van der Waals surface area contributed by atoms with Crippen molar-refractivity contribution in [2.24, 2.45) is 5.41 Å². The normalized spacial score (nSPS) is 23.6. The fraction of sp³-hybridized carbons (Fsp3) is 0.467. The number of hydrogen-bond donors (Lipinski definition) is 1. The summed E-state index contributed by atoms with van der Waals surface area (Å²) in [5, 5.41) is 9.22. The maximum Gasteiger partial charge on any atom is 0.311 e. The highest BCUT2D eigenvalue weighted by molar-refractivity contribution is 5.84. The van der Waals surface area contributed by atoms with Crippen molar-refractivity contribution >= 4 is 11.9 Å². The molecule has 1 saturated heterocycles. The van der Waals surface area contributed by atoms with E-state index in [0.717, 1.165) is 5.56 Å². The summed E-state index contributed by atoms with van der Waals surface area (Å²) in [5.41, 5.74) is -0.0751. The molecule has 108 valence electrons. The Morgan fingerprint density at radius 2 is 2.00 bits per heavy atom. The first-order valence-corrected chi connectivity index (χ1v) is 6.58. The molecule has 1 aromatic rings. The number of carbonyl (C=O) groups is 2. The van der Waals surface area contributed by atoms with Crippen LogP contribution >= 0.6 is 0 Å². The minimum absolute atomic E-state index is 0.177. The minimum atomic E-state index is -0.860. The lowest BCUT2D eigenvalue weighted by Crippen LogP contribution is -2.37. The number of methoxy groups -OCH3 is 1. The zero-order valence-corrected chi connectivity index (χ0v) is 11.7. The highest BCUT2D eigenvalue weighted by Crippen LogP contribution is 2.32. The number of amides is 1. The summed E-state index contributed by atoms with van der Waals surface area (Å²) < 4.78 is 5.30. The molecule has 0 bridgehead atoms. The van der Waals surface area contributed by atoms with Gasteiger partial charge in [0.2, 0.25) is 0 Å². The standard InChI is InChI=1S/C15H19NO4/c1-15(14(18)19)8-9-16(10-15)13(17)12(20-2)11-6-4-3-5-7-11/h3-7,12H,8-10H2,1-2H3,(H,18,19). The largest absolute Gasteiger partial charge is 0.481 e. The number of hydrogen-bond acceptors (Lipinski definition) is 3. The number of carboxylic acids is 1. The van der Waals surface area contributed by atoms with Gasteiger partial charge in [0, 0.05) is 20.2 Å². The van der Waals surface area contributed by atoms with E-state index in [1.807, 2.05) is 30.3 Å². The molecule has 5 nitrogen and oxygen atoms in total. The van der Waals surface area contributed by atoms with Crippen molar-refractivity contribution in [3.63, 3.8) is 0 Å². The Hall–Kier alpha value is -1.88. The molecule has 2 unspecified atom stereocenters.